The molecule has 0 saturated carbocycles. The van der Waals surface area contributed by atoms with E-state index in [1.165, 1.54) is 17.4 Å². The predicted octanol–water partition coefficient (Wildman–Crippen LogP) is 5.11. The Morgan fingerprint density at radius 3 is 3.00 bits per heavy atom. The lowest BCUT2D eigenvalue weighted by molar-refractivity contribution is -0.115. The van der Waals surface area contributed by atoms with E-state index in [2.05, 4.69) is 20.6 Å². The summed E-state index contributed by atoms with van der Waals surface area (Å²) < 4.78 is 14.3. The molecule has 4 aromatic rings. The third kappa shape index (κ3) is 3.76. The molecule has 1 unspecified atom stereocenters. The van der Waals surface area contributed by atoms with Gasteiger partial charge in [0.15, 0.2) is 0 Å². The molecule has 1 aliphatic carbocycles. The molecule has 0 fully saturated rings. The van der Waals surface area contributed by atoms with Crippen LogP contribution in [0.25, 0.3) is 10.9 Å². The standard InChI is InChI=1S/C23H19FN4OS/c24-18-3-1-2-14-4-7-20(23(14)18)28-21-9-5-15-10-16(6-8-19(15)27-21)26-22(29)11-17-12-30-13-25-17/h1-3,5-6,8-10,12-13,20H,4,7,11H2,(H,26,29)(H,27,28). The van der Waals surface area contributed by atoms with Gasteiger partial charge in [-0.2, -0.15) is 0 Å². The molecule has 0 aliphatic heterocycles. The SMILES string of the molecule is O=C(Cc1cscn1)Nc1ccc2nc(NC3CCc4cccc(F)c43)ccc2c1. The van der Waals surface area contributed by atoms with Crippen LogP contribution in [0.4, 0.5) is 15.9 Å². The number of carbonyl (C=O) groups excluding carboxylic acids is 1. The van der Waals surface area contributed by atoms with Crippen molar-refractivity contribution in [2.75, 3.05) is 10.6 Å². The van der Waals surface area contributed by atoms with E-state index in [0.29, 0.717) is 5.82 Å². The first-order valence-electron chi connectivity index (χ1n) is 9.77. The van der Waals surface area contributed by atoms with Crippen molar-refractivity contribution in [2.45, 2.75) is 25.3 Å². The number of hydrogen-bond donors (Lipinski definition) is 2. The number of pyridine rings is 1. The highest BCUT2D eigenvalue weighted by Gasteiger charge is 2.25. The maximum atomic E-state index is 14.3. The Morgan fingerprint density at radius 2 is 2.13 bits per heavy atom. The number of benzene rings is 2. The van der Waals surface area contributed by atoms with Gasteiger partial charge in [0.2, 0.25) is 5.91 Å². The van der Waals surface area contributed by atoms with E-state index in [1.807, 2.05) is 41.8 Å². The van der Waals surface area contributed by atoms with Crippen molar-refractivity contribution < 1.29 is 9.18 Å². The van der Waals surface area contributed by atoms with Crippen LogP contribution >= 0.6 is 11.3 Å². The summed E-state index contributed by atoms with van der Waals surface area (Å²) in [6, 6.07) is 14.6. The topological polar surface area (TPSA) is 66.9 Å². The van der Waals surface area contributed by atoms with Crippen molar-refractivity contribution in [3.63, 3.8) is 0 Å². The lowest BCUT2D eigenvalue weighted by Crippen LogP contribution is -2.14. The molecule has 30 heavy (non-hydrogen) atoms. The fraction of sp³-hybridized carbons (Fsp3) is 0.174. The highest BCUT2D eigenvalue weighted by atomic mass is 32.1. The minimum Gasteiger partial charge on any atom is -0.363 e. The van der Waals surface area contributed by atoms with Crippen LogP contribution in [0.1, 0.15) is 29.3 Å². The van der Waals surface area contributed by atoms with Gasteiger partial charge in [0.05, 0.1) is 29.2 Å². The lowest BCUT2D eigenvalue weighted by Gasteiger charge is -2.16. The average molecular weight is 418 g/mol. The summed E-state index contributed by atoms with van der Waals surface area (Å²) in [7, 11) is 0. The second-order valence-corrected chi connectivity index (χ2v) is 8.08. The smallest absolute Gasteiger partial charge is 0.230 e. The van der Waals surface area contributed by atoms with Gasteiger partial charge in [-0.05, 0) is 54.8 Å². The fourth-order valence-corrected chi connectivity index (χ4v) is 4.49. The third-order valence-corrected chi connectivity index (χ3v) is 5.95. The normalized spacial score (nSPS) is 15.2. The number of nitrogens with zero attached hydrogens (tertiary/aromatic N) is 2. The molecule has 0 saturated heterocycles. The summed E-state index contributed by atoms with van der Waals surface area (Å²) in [5, 5.41) is 9.07. The zero-order valence-corrected chi connectivity index (χ0v) is 16.9. The number of anilines is 2. The van der Waals surface area contributed by atoms with E-state index >= 15 is 0 Å². The van der Waals surface area contributed by atoms with Gasteiger partial charge in [0.25, 0.3) is 0 Å². The summed E-state index contributed by atoms with van der Waals surface area (Å²) in [6.07, 6.45) is 1.96. The van der Waals surface area contributed by atoms with E-state index in [0.717, 1.165) is 46.3 Å². The van der Waals surface area contributed by atoms with Crippen LogP contribution in [0.3, 0.4) is 0 Å². The first-order valence-corrected chi connectivity index (χ1v) is 10.7. The molecule has 150 valence electrons. The first kappa shape index (κ1) is 18.7. The number of amides is 1. The number of fused-ring (bicyclic) bond motifs is 2. The minimum absolute atomic E-state index is 0.0737. The largest absolute Gasteiger partial charge is 0.363 e. The molecule has 1 atom stereocenters. The first-order chi connectivity index (χ1) is 14.7. The Hall–Kier alpha value is -3.32. The van der Waals surface area contributed by atoms with Gasteiger partial charge in [0.1, 0.15) is 11.6 Å². The lowest BCUT2D eigenvalue weighted by atomic mass is 10.1. The molecule has 2 aromatic carbocycles. The molecule has 2 N–H and O–H groups in total. The second kappa shape index (κ2) is 7.84. The number of carbonyl (C=O) groups is 1. The van der Waals surface area contributed by atoms with Crippen LogP contribution < -0.4 is 10.6 Å². The Labute approximate surface area is 177 Å². The molecular weight excluding hydrogens is 399 g/mol. The van der Waals surface area contributed by atoms with E-state index in [-0.39, 0.29) is 24.2 Å². The summed E-state index contributed by atoms with van der Waals surface area (Å²) in [4.78, 5) is 21.0. The van der Waals surface area contributed by atoms with Crippen molar-refractivity contribution >= 4 is 39.7 Å². The number of aryl methyl sites for hydroxylation is 1. The van der Waals surface area contributed by atoms with Crippen LogP contribution in [-0.2, 0) is 17.6 Å². The van der Waals surface area contributed by atoms with Gasteiger partial charge in [-0.15, -0.1) is 11.3 Å². The maximum absolute atomic E-state index is 14.3. The third-order valence-electron chi connectivity index (χ3n) is 5.31. The van der Waals surface area contributed by atoms with Crippen molar-refractivity contribution in [2.24, 2.45) is 0 Å². The zero-order valence-electron chi connectivity index (χ0n) is 16.1. The van der Waals surface area contributed by atoms with Crippen molar-refractivity contribution in [1.29, 1.82) is 0 Å². The van der Waals surface area contributed by atoms with Gasteiger partial charge >= 0.3 is 0 Å². The second-order valence-electron chi connectivity index (χ2n) is 7.36. The molecule has 1 amide bonds. The molecule has 0 radical (unpaired) electrons. The summed E-state index contributed by atoms with van der Waals surface area (Å²) >= 11 is 1.47. The Bertz CT molecular complexity index is 1230. The summed E-state index contributed by atoms with van der Waals surface area (Å²) in [5.74, 6) is 0.443. The van der Waals surface area contributed by atoms with Crippen LogP contribution in [0, 0.1) is 5.82 Å². The predicted molar refractivity (Wildman–Crippen MR) is 117 cm³/mol. The molecule has 0 bridgehead atoms. The number of hydrogen-bond acceptors (Lipinski definition) is 5. The molecule has 2 heterocycles. The minimum atomic E-state index is -0.165. The van der Waals surface area contributed by atoms with Crippen molar-refractivity contribution in [1.82, 2.24) is 9.97 Å². The summed E-state index contributed by atoms with van der Waals surface area (Å²) in [5.41, 5.74) is 5.82. The quantitative estimate of drug-likeness (QED) is 0.473. The summed E-state index contributed by atoms with van der Waals surface area (Å²) in [6.45, 7) is 0. The number of thiazole rings is 1. The van der Waals surface area contributed by atoms with Gasteiger partial charge < -0.3 is 10.6 Å². The van der Waals surface area contributed by atoms with Gasteiger partial charge in [0, 0.05) is 22.0 Å². The average Bonchev–Trinajstić information content (AvgIpc) is 3.39. The molecule has 1 aliphatic rings. The van der Waals surface area contributed by atoms with Crippen LogP contribution in [0.5, 0.6) is 0 Å². The van der Waals surface area contributed by atoms with Gasteiger partial charge in [-0.25, -0.2) is 14.4 Å². The monoisotopic (exact) mass is 418 g/mol. The number of rotatable bonds is 5. The molecule has 7 heteroatoms. The van der Waals surface area contributed by atoms with E-state index in [1.54, 1.807) is 11.6 Å². The van der Waals surface area contributed by atoms with E-state index < -0.39 is 0 Å². The molecular formula is C23H19FN4OS. The number of nitrogens with one attached hydrogen (secondary N) is 2. The Morgan fingerprint density at radius 1 is 1.20 bits per heavy atom. The fourth-order valence-electron chi connectivity index (χ4n) is 3.94. The maximum Gasteiger partial charge on any atom is 0.230 e. The van der Waals surface area contributed by atoms with Crippen LogP contribution in [0.15, 0.2) is 59.4 Å². The van der Waals surface area contributed by atoms with Crippen LogP contribution in [0.2, 0.25) is 0 Å². The molecule has 0 spiro atoms. The molecule has 5 nitrogen and oxygen atoms in total. The van der Waals surface area contributed by atoms with E-state index in [9.17, 15) is 9.18 Å². The zero-order chi connectivity index (χ0) is 20.5. The Kier molecular flexibility index (Phi) is 4.88. The Balaban J connectivity index is 1.31. The molecule has 2 aromatic heterocycles. The number of aromatic nitrogens is 2. The van der Waals surface area contributed by atoms with Crippen molar-refractivity contribution in [3.05, 3.63) is 82.1 Å². The highest BCUT2D eigenvalue weighted by Crippen LogP contribution is 2.35. The van der Waals surface area contributed by atoms with Gasteiger partial charge in [-0.1, -0.05) is 12.1 Å². The number of halogens is 1. The van der Waals surface area contributed by atoms with Crippen molar-refractivity contribution in [3.8, 4) is 0 Å². The highest BCUT2D eigenvalue weighted by molar-refractivity contribution is 7.07. The van der Waals surface area contributed by atoms with E-state index in [4.69, 9.17) is 0 Å². The van der Waals surface area contributed by atoms with Gasteiger partial charge in [-0.3, -0.25) is 4.79 Å². The van der Waals surface area contributed by atoms with Crippen LogP contribution in [-0.4, -0.2) is 15.9 Å². The molecule has 5 rings (SSSR count).